The molecule has 4 rings (SSSR count). The third-order valence-electron chi connectivity index (χ3n) is 5.69. The van der Waals surface area contributed by atoms with E-state index in [2.05, 4.69) is 10.0 Å². The van der Waals surface area contributed by atoms with Crippen LogP contribution in [0, 0.1) is 0 Å². The Morgan fingerprint density at radius 3 is 1.82 bits per heavy atom. The highest BCUT2D eigenvalue weighted by molar-refractivity contribution is 5.66. The maximum Gasteiger partial charge on any atom is 0.303 e. The fraction of sp³-hybridized carbons (Fsp3) is 0.269. The lowest BCUT2D eigenvalue weighted by Gasteiger charge is -2.43. The van der Waals surface area contributed by atoms with E-state index in [1.54, 1.807) is 0 Å². The van der Waals surface area contributed by atoms with Crippen molar-refractivity contribution < 1.29 is 19.0 Å². The van der Waals surface area contributed by atoms with Crippen molar-refractivity contribution in [1.82, 2.24) is 0 Å². The Bertz CT molecular complexity index is 1010. The van der Waals surface area contributed by atoms with Gasteiger partial charge in [-0.05, 0) is 22.2 Å². The first-order chi connectivity index (χ1) is 16.1. The summed E-state index contributed by atoms with van der Waals surface area (Å²) >= 11 is 0. The molecule has 0 aliphatic carbocycles. The van der Waals surface area contributed by atoms with Gasteiger partial charge in [-0.2, -0.15) is 0 Å². The van der Waals surface area contributed by atoms with Crippen LogP contribution < -0.4 is 0 Å². The van der Waals surface area contributed by atoms with E-state index in [4.69, 9.17) is 19.7 Å². The molecule has 168 valence electrons. The van der Waals surface area contributed by atoms with Gasteiger partial charge in [-0.3, -0.25) is 4.79 Å². The van der Waals surface area contributed by atoms with Crippen LogP contribution in [0.4, 0.5) is 0 Å². The number of hydrogen-bond acceptors (Lipinski definition) is 5. The van der Waals surface area contributed by atoms with E-state index < -0.39 is 29.8 Å². The molecule has 0 radical (unpaired) electrons. The number of nitrogens with zero attached hydrogens (tertiary/aromatic N) is 3. The fourth-order valence-electron chi connectivity index (χ4n) is 4.30. The van der Waals surface area contributed by atoms with E-state index in [0.29, 0.717) is 0 Å². The summed E-state index contributed by atoms with van der Waals surface area (Å²) in [5.41, 5.74) is 10.8. The highest BCUT2D eigenvalue weighted by Crippen LogP contribution is 2.42. The number of azide groups is 1. The molecule has 1 heterocycles. The van der Waals surface area contributed by atoms with Crippen LogP contribution in [-0.2, 0) is 24.6 Å². The average molecular weight is 444 g/mol. The SMILES string of the molecule is CC(=O)O[C@@H]1[C@@H](N=[N+]=[N-])COC[C@H]1OC(c1ccccc1)(c1ccccc1)c1ccccc1. The molecule has 0 aromatic heterocycles. The molecule has 1 aliphatic heterocycles. The number of rotatable bonds is 7. The predicted octanol–water partition coefficient (Wildman–Crippen LogP) is 5.00. The molecule has 1 aliphatic rings. The minimum atomic E-state index is -1.02. The predicted molar refractivity (Wildman–Crippen MR) is 123 cm³/mol. The first kappa shape index (κ1) is 22.6. The summed E-state index contributed by atoms with van der Waals surface area (Å²) in [6, 6.07) is 29.0. The Balaban J connectivity index is 1.89. The summed E-state index contributed by atoms with van der Waals surface area (Å²) in [5, 5.41) is 3.81. The van der Waals surface area contributed by atoms with Crippen molar-refractivity contribution in [3.63, 3.8) is 0 Å². The molecule has 3 aromatic rings. The minimum Gasteiger partial charge on any atom is -0.459 e. The van der Waals surface area contributed by atoms with Crippen molar-refractivity contribution in [3.05, 3.63) is 118 Å². The number of ether oxygens (including phenoxy) is 3. The standard InChI is InChI=1S/C26H25N3O4/c1-19(30)32-25-23(28-29-27)17-31-18-24(25)33-26(20-11-5-2-6-12-20,21-13-7-3-8-14-21)22-15-9-4-10-16-22/h2-16,23-25H,17-18H2,1H3/t23-,24+,25+/m0/s1. The Kier molecular flexibility index (Phi) is 7.05. The van der Waals surface area contributed by atoms with Gasteiger partial charge in [0.25, 0.3) is 0 Å². The third kappa shape index (κ3) is 4.76. The molecule has 3 aromatic carbocycles. The van der Waals surface area contributed by atoms with Gasteiger partial charge < -0.3 is 14.2 Å². The monoisotopic (exact) mass is 443 g/mol. The lowest BCUT2D eigenvalue weighted by Crippen LogP contribution is -2.53. The fourth-order valence-corrected chi connectivity index (χ4v) is 4.30. The molecule has 0 N–H and O–H groups in total. The molecular weight excluding hydrogens is 418 g/mol. The molecule has 1 fully saturated rings. The number of esters is 1. The van der Waals surface area contributed by atoms with Crippen molar-refractivity contribution in [2.45, 2.75) is 30.8 Å². The van der Waals surface area contributed by atoms with Crippen LogP contribution in [0.3, 0.4) is 0 Å². The van der Waals surface area contributed by atoms with E-state index in [9.17, 15) is 4.79 Å². The second-order valence-corrected chi connectivity index (χ2v) is 7.82. The second kappa shape index (κ2) is 10.3. The summed E-state index contributed by atoms with van der Waals surface area (Å²) in [7, 11) is 0. The number of carbonyl (C=O) groups is 1. The Morgan fingerprint density at radius 1 is 0.909 bits per heavy atom. The number of hydrogen-bond donors (Lipinski definition) is 0. The van der Waals surface area contributed by atoms with Crippen molar-refractivity contribution >= 4 is 5.97 Å². The minimum absolute atomic E-state index is 0.150. The van der Waals surface area contributed by atoms with E-state index in [-0.39, 0.29) is 13.2 Å². The summed E-state index contributed by atoms with van der Waals surface area (Å²) in [4.78, 5) is 14.8. The van der Waals surface area contributed by atoms with Crippen molar-refractivity contribution in [3.8, 4) is 0 Å². The molecule has 33 heavy (non-hydrogen) atoms. The smallest absolute Gasteiger partial charge is 0.303 e. The summed E-state index contributed by atoms with van der Waals surface area (Å²) in [6.45, 7) is 1.67. The zero-order chi connectivity index (χ0) is 23.1. The van der Waals surface area contributed by atoms with Crippen LogP contribution in [-0.4, -0.2) is 37.4 Å². The zero-order valence-electron chi connectivity index (χ0n) is 18.3. The van der Waals surface area contributed by atoms with Gasteiger partial charge in [0.05, 0.1) is 13.2 Å². The number of benzene rings is 3. The second-order valence-electron chi connectivity index (χ2n) is 7.82. The van der Waals surface area contributed by atoms with Crippen LogP contribution in [0.5, 0.6) is 0 Å². The lowest BCUT2D eigenvalue weighted by atomic mass is 9.79. The van der Waals surface area contributed by atoms with Crippen LogP contribution in [0.1, 0.15) is 23.6 Å². The molecule has 0 amide bonds. The normalized spacial score (nSPS) is 20.5. The van der Waals surface area contributed by atoms with E-state index in [0.717, 1.165) is 16.7 Å². The first-order valence-corrected chi connectivity index (χ1v) is 10.8. The van der Waals surface area contributed by atoms with Crippen LogP contribution in [0.2, 0.25) is 0 Å². The van der Waals surface area contributed by atoms with Gasteiger partial charge >= 0.3 is 5.97 Å². The van der Waals surface area contributed by atoms with E-state index >= 15 is 0 Å². The van der Waals surface area contributed by atoms with Crippen molar-refractivity contribution in [1.29, 1.82) is 0 Å². The van der Waals surface area contributed by atoms with Gasteiger partial charge in [-0.1, -0.05) is 96.1 Å². The highest BCUT2D eigenvalue weighted by Gasteiger charge is 2.45. The molecular formula is C26H25N3O4. The van der Waals surface area contributed by atoms with E-state index in [1.165, 1.54) is 6.92 Å². The Hall–Kier alpha value is -3.64. The van der Waals surface area contributed by atoms with Crippen molar-refractivity contribution in [2.75, 3.05) is 13.2 Å². The molecule has 7 heteroatoms. The van der Waals surface area contributed by atoms with E-state index in [1.807, 2.05) is 91.0 Å². The molecule has 7 nitrogen and oxygen atoms in total. The lowest BCUT2D eigenvalue weighted by molar-refractivity contribution is -0.189. The van der Waals surface area contributed by atoms with Gasteiger partial charge in [0.15, 0.2) is 0 Å². The molecule has 0 bridgehead atoms. The quantitative estimate of drug-likeness (QED) is 0.169. The largest absolute Gasteiger partial charge is 0.459 e. The maximum absolute atomic E-state index is 11.9. The van der Waals surface area contributed by atoms with Gasteiger partial charge in [0, 0.05) is 11.8 Å². The zero-order valence-corrected chi connectivity index (χ0v) is 18.3. The van der Waals surface area contributed by atoms with Gasteiger partial charge in [0.1, 0.15) is 23.9 Å². The summed E-state index contributed by atoms with van der Waals surface area (Å²) in [6.07, 6.45) is -1.47. The molecule has 0 spiro atoms. The first-order valence-electron chi connectivity index (χ1n) is 10.8. The van der Waals surface area contributed by atoms with Crippen molar-refractivity contribution in [2.24, 2.45) is 5.11 Å². The van der Waals surface area contributed by atoms with Gasteiger partial charge in [-0.25, -0.2) is 0 Å². The third-order valence-corrected chi connectivity index (χ3v) is 5.69. The average Bonchev–Trinajstić information content (AvgIpc) is 2.86. The molecule has 1 saturated heterocycles. The summed E-state index contributed by atoms with van der Waals surface area (Å²) in [5.74, 6) is -0.474. The molecule has 0 unspecified atom stereocenters. The Labute approximate surface area is 192 Å². The summed E-state index contributed by atoms with van der Waals surface area (Å²) < 4.78 is 18.3. The number of carbonyl (C=O) groups excluding carboxylic acids is 1. The Morgan fingerprint density at radius 2 is 1.39 bits per heavy atom. The maximum atomic E-state index is 11.9. The topological polar surface area (TPSA) is 93.5 Å². The van der Waals surface area contributed by atoms with Gasteiger partial charge in [-0.15, -0.1) is 0 Å². The van der Waals surface area contributed by atoms with Crippen LogP contribution >= 0.6 is 0 Å². The van der Waals surface area contributed by atoms with Crippen LogP contribution in [0.25, 0.3) is 10.4 Å². The van der Waals surface area contributed by atoms with Crippen LogP contribution in [0.15, 0.2) is 96.1 Å². The molecule has 3 atom stereocenters. The molecule has 0 saturated carbocycles. The highest BCUT2D eigenvalue weighted by atomic mass is 16.6. The van der Waals surface area contributed by atoms with Gasteiger partial charge in [0.2, 0.25) is 0 Å².